The van der Waals surface area contributed by atoms with Gasteiger partial charge in [-0.05, 0) is 36.9 Å². The first-order valence-corrected chi connectivity index (χ1v) is 9.41. The molecule has 0 saturated heterocycles. The molecule has 2 rings (SSSR count). The Morgan fingerprint density at radius 2 is 1.96 bits per heavy atom. The molecule has 1 fully saturated rings. The van der Waals surface area contributed by atoms with Gasteiger partial charge in [-0.1, -0.05) is 50.5 Å². The average molecular weight is 339 g/mol. The molecule has 0 heterocycles. The van der Waals surface area contributed by atoms with Crippen molar-refractivity contribution in [2.24, 2.45) is 5.73 Å². The first-order chi connectivity index (χ1) is 11.1. The van der Waals surface area contributed by atoms with Gasteiger partial charge in [0.25, 0.3) is 0 Å². The van der Waals surface area contributed by atoms with Gasteiger partial charge in [-0.3, -0.25) is 4.18 Å². The Labute approximate surface area is 141 Å². The highest BCUT2D eigenvalue weighted by atomic mass is 32.2. The normalized spacial score (nSPS) is 20.1. The Morgan fingerprint density at radius 1 is 1.30 bits per heavy atom. The molecular weight excluding hydrogens is 312 g/mol. The second-order valence-electron chi connectivity index (χ2n) is 6.27. The van der Waals surface area contributed by atoms with Crippen LogP contribution in [0.15, 0.2) is 24.3 Å². The van der Waals surface area contributed by atoms with Crippen LogP contribution in [0.1, 0.15) is 62.7 Å². The molecule has 1 aromatic carbocycles. The highest BCUT2D eigenvalue weighted by molar-refractivity contribution is 7.74. The summed E-state index contributed by atoms with van der Waals surface area (Å²) in [5.41, 5.74) is 7.24. The quantitative estimate of drug-likeness (QED) is 0.711. The van der Waals surface area contributed by atoms with E-state index < -0.39 is 17.5 Å². The molecule has 1 aliphatic carbocycles. The van der Waals surface area contributed by atoms with E-state index in [9.17, 15) is 8.76 Å². The molecule has 6 heteroatoms. The summed E-state index contributed by atoms with van der Waals surface area (Å²) in [5, 5.41) is 3.59. The molecule has 23 heavy (non-hydrogen) atoms. The average Bonchev–Trinajstić information content (AvgIpc) is 2.59. The summed E-state index contributed by atoms with van der Waals surface area (Å²) >= 11 is -2.55. The van der Waals surface area contributed by atoms with Crippen LogP contribution in [0.25, 0.3) is 0 Å². The molecule has 2 atom stereocenters. The van der Waals surface area contributed by atoms with Gasteiger partial charge in [-0.2, -0.15) is 0 Å². The molecule has 1 saturated carbocycles. The largest absolute Gasteiger partial charge is 0.750 e. The maximum atomic E-state index is 11.3. The second-order valence-corrected chi connectivity index (χ2v) is 6.87. The third-order valence-electron chi connectivity index (χ3n) is 4.67. The smallest absolute Gasteiger partial charge is 0.117 e. The third-order valence-corrected chi connectivity index (χ3v) is 5.02. The van der Waals surface area contributed by atoms with Crippen molar-refractivity contribution in [2.75, 3.05) is 6.54 Å². The zero-order chi connectivity index (χ0) is 16.7. The van der Waals surface area contributed by atoms with Crippen molar-refractivity contribution >= 4 is 11.4 Å². The number of rotatable bonds is 8. The molecule has 1 aliphatic rings. The van der Waals surface area contributed by atoms with Gasteiger partial charge >= 0.3 is 0 Å². The zero-order valence-corrected chi connectivity index (χ0v) is 14.6. The monoisotopic (exact) mass is 339 g/mol. The van der Waals surface area contributed by atoms with Crippen molar-refractivity contribution in [1.82, 2.24) is 5.32 Å². The Bertz CT molecular complexity index is 501. The van der Waals surface area contributed by atoms with Crippen molar-refractivity contribution in [1.29, 1.82) is 0 Å². The lowest BCUT2D eigenvalue weighted by molar-refractivity contribution is 0.0540. The minimum Gasteiger partial charge on any atom is -0.750 e. The first-order valence-electron chi connectivity index (χ1n) is 8.41. The van der Waals surface area contributed by atoms with Crippen LogP contribution in [0.3, 0.4) is 0 Å². The number of benzene rings is 1. The van der Waals surface area contributed by atoms with E-state index in [0.29, 0.717) is 6.54 Å². The van der Waals surface area contributed by atoms with Gasteiger partial charge in [0, 0.05) is 6.54 Å². The van der Waals surface area contributed by atoms with E-state index in [4.69, 9.17) is 9.92 Å². The fourth-order valence-corrected chi connectivity index (χ4v) is 3.91. The Balaban J connectivity index is 2.33. The Kier molecular flexibility index (Phi) is 7.17. The summed E-state index contributed by atoms with van der Waals surface area (Å²) in [6, 6.07) is 7.75. The fourth-order valence-electron chi connectivity index (χ4n) is 3.46. The summed E-state index contributed by atoms with van der Waals surface area (Å²) in [4.78, 5) is 0. The molecule has 2 unspecified atom stereocenters. The molecule has 130 valence electrons. The summed E-state index contributed by atoms with van der Waals surface area (Å²) in [5.74, 6) is 0. The maximum absolute atomic E-state index is 11.3. The predicted molar refractivity (Wildman–Crippen MR) is 91.2 cm³/mol. The molecule has 5 nitrogen and oxygen atoms in total. The van der Waals surface area contributed by atoms with E-state index in [-0.39, 0.29) is 5.54 Å². The van der Waals surface area contributed by atoms with E-state index in [0.717, 1.165) is 49.8 Å². The van der Waals surface area contributed by atoms with Crippen LogP contribution in [0.4, 0.5) is 0 Å². The summed E-state index contributed by atoms with van der Waals surface area (Å²) in [7, 11) is 0. The number of hydrogen-bond acceptors (Lipinski definition) is 5. The van der Waals surface area contributed by atoms with Crippen LogP contribution in [-0.4, -0.2) is 20.8 Å². The molecule has 0 amide bonds. The van der Waals surface area contributed by atoms with Crippen LogP contribution in [0, 0.1) is 0 Å². The van der Waals surface area contributed by atoms with Crippen molar-refractivity contribution in [3.05, 3.63) is 35.4 Å². The van der Waals surface area contributed by atoms with Crippen molar-refractivity contribution in [3.63, 3.8) is 0 Å². The minimum atomic E-state index is -2.55. The van der Waals surface area contributed by atoms with Crippen LogP contribution >= 0.6 is 0 Å². The summed E-state index contributed by atoms with van der Waals surface area (Å²) < 4.78 is 28.0. The van der Waals surface area contributed by atoms with Gasteiger partial charge in [0.15, 0.2) is 0 Å². The van der Waals surface area contributed by atoms with Gasteiger partial charge in [0.2, 0.25) is 0 Å². The lowest BCUT2D eigenvalue weighted by Crippen LogP contribution is -2.52. The first kappa shape index (κ1) is 18.5. The second kappa shape index (κ2) is 8.89. The molecule has 0 aromatic heterocycles. The van der Waals surface area contributed by atoms with Gasteiger partial charge in [-0.25, -0.2) is 4.21 Å². The van der Waals surface area contributed by atoms with Crippen LogP contribution in [0.2, 0.25) is 0 Å². The highest BCUT2D eigenvalue weighted by Crippen LogP contribution is 2.41. The molecule has 0 spiro atoms. The number of nitrogens with two attached hydrogens (primary N) is 1. The van der Waals surface area contributed by atoms with Crippen LogP contribution in [-0.2, 0) is 22.1 Å². The minimum absolute atomic E-state index is 0.321. The van der Waals surface area contributed by atoms with E-state index in [1.54, 1.807) is 0 Å². The Morgan fingerprint density at radius 3 is 2.48 bits per heavy atom. The SMILES string of the molecule is CCCNC1(C(OS(=O)[O-])c2ccc(CN)cc2)CCCCC1. The van der Waals surface area contributed by atoms with Crippen molar-refractivity contribution < 1.29 is 12.9 Å². The Hall–Kier alpha value is -0.790. The summed E-state index contributed by atoms with van der Waals surface area (Å²) in [6.07, 6.45) is 5.71. The molecule has 1 aromatic rings. The molecule has 0 radical (unpaired) electrons. The van der Waals surface area contributed by atoms with Gasteiger partial charge < -0.3 is 15.6 Å². The lowest BCUT2D eigenvalue weighted by atomic mass is 9.75. The van der Waals surface area contributed by atoms with Crippen molar-refractivity contribution in [3.8, 4) is 0 Å². The maximum Gasteiger partial charge on any atom is 0.117 e. The standard InChI is InChI=1S/C17H28N2O3S/c1-2-12-19-17(10-4-3-5-11-17)16(22-23(20)21)15-8-6-14(13-18)7-9-15/h6-9,16,19H,2-5,10-13,18H2,1H3,(H,20,21)/p-1. The molecule has 0 bridgehead atoms. The molecule has 3 N–H and O–H groups in total. The topological polar surface area (TPSA) is 87.4 Å². The van der Waals surface area contributed by atoms with Gasteiger partial charge in [0.05, 0.1) is 16.9 Å². The number of hydrogen-bond donors (Lipinski definition) is 2. The van der Waals surface area contributed by atoms with E-state index >= 15 is 0 Å². The van der Waals surface area contributed by atoms with Crippen LogP contribution < -0.4 is 11.1 Å². The third kappa shape index (κ3) is 4.84. The lowest BCUT2D eigenvalue weighted by Gasteiger charge is -2.44. The van der Waals surface area contributed by atoms with E-state index in [1.807, 2.05) is 24.3 Å². The van der Waals surface area contributed by atoms with Gasteiger partial charge in [0.1, 0.15) is 6.10 Å². The summed E-state index contributed by atoms with van der Waals surface area (Å²) in [6.45, 7) is 3.44. The fraction of sp³-hybridized carbons (Fsp3) is 0.647. The van der Waals surface area contributed by atoms with E-state index in [1.165, 1.54) is 6.42 Å². The highest BCUT2D eigenvalue weighted by Gasteiger charge is 2.41. The van der Waals surface area contributed by atoms with Crippen molar-refractivity contribution in [2.45, 2.75) is 63.6 Å². The zero-order valence-electron chi connectivity index (χ0n) is 13.8. The molecule has 0 aliphatic heterocycles. The number of nitrogens with one attached hydrogen (secondary N) is 1. The van der Waals surface area contributed by atoms with Crippen LogP contribution in [0.5, 0.6) is 0 Å². The van der Waals surface area contributed by atoms with Gasteiger partial charge in [-0.15, -0.1) is 0 Å². The molecular formula is C17H27N2O3S-. The van der Waals surface area contributed by atoms with E-state index in [2.05, 4.69) is 12.2 Å². The predicted octanol–water partition coefficient (Wildman–Crippen LogP) is 2.70.